The van der Waals surface area contributed by atoms with Gasteiger partial charge in [0, 0.05) is 6.54 Å². The van der Waals surface area contributed by atoms with Gasteiger partial charge in [-0.05, 0) is 24.5 Å². The molecule has 2 atom stereocenters. The van der Waals surface area contributed by atoms with Crippen molar-refractivity contribution >= 4 is 9.84 Å². The lowest BCUT2D eigenvalue weighted by Gasteiger charge is -2.15. The number of sulfone groups is 1. The number of nitrogens with two attached hydrogens (primary N) is 1. The van der Waals surface area contributed by atoms with Crippen LogP contribution in [-0.4, -0.2) is 24.5 Å². The first-order valence-electron chi connectivity index (χ1n) is 6.09. The average Bonchev–Trinajstić information content (AvgIpc) is 2.37. The lowest BCUT2D eigenvalue weighted by atomic mass is 10.1. The molecule has 0 saturated heterocycles. The fourth-order valence-corrected chi connectivity index (χ4v) is 3.08. The van der Waals surface area contributed by atoms with Crippen LogP contribution in [0.25, 0.3) is 0 Å². The molecular weight excluding hydrogens is 250 g/mol. The Balaban J connectivity index is 2.78. The number of benzene rings is 1. The highest BCUT2D eigenvalue weighted by Gasteiger charge is 2.23. The van der Waals surface area contributed by atoms with Crippen molar-refractivity contribution in [2.24, 2.45) is 5.73 Å². The molecule has 1 aromatic carbocycles. The van der Waals surface area contributed by atoms with Crippen LogP contribution in [-0.2, 0) is 16.4 Å². The van der Waals surface area contributed by atoms with Crippen molar-refractivity contribution in [3.05, 3.63) is 35.4 Å². The minimum atomic E-state index is -3.25. The molecule has 0 aliphatic rings. The summed E-state index contributed by atoms with van der Waals surface area (Å²) in [5.41, 5.74) is 7.04. The van der Waals surface area contributed by atoms with E-state index >= 15 is 0 Å². The van der Waals surface area contributed by atoms with E-state index in [9.17, 15) is 13.5 Å². The Labute approximate surface area is 109 Å². The zero-order valence-electron chi connectivity index (χ0n) is 10.8. The van der Waals surface area contributed by atoms with Gasteiger partial charge in [0.25, 0.3) is 0 Å². The Morgan fingerprint density at radius 1 is 1.28 bits per heavy atom. The second kappa shape index (κ2) is 6.31. The fourth-order valence-electron chi connectivity index (χ4n) is 1.61. The van der Waals surface area contributed by atoms with Crippen molar-refractivity contribution in [1.29, 1.82) is 0 Å². The van der Waals surface area contributed by atoms with Crippen LogP contribution in [0.5, 0.6) is 0 Å². The van der Waals surface area contributed by atoms with Gasteiger partial charge in [-0.3, -0.25) is 0 Å². The van der Waals surface area contributed by atoms with Crippen LogP contribution in [0, 0.1) is 0 Å². The number of hydrogen-bond donors (Lipinski definition) is 2. The molecule has 1 aromatic rings. The van der Waals surface area contributed by atoms with Gasteiger partial charge in [0.05, 0.1) is 17.1 Å². The number of hydrogen-bond acceptors (Lipinski definition) is 4. The zero-order chi connectivity index (χ0) is 13.8. The van der Waals surface area contributed by atoms with E-state index in [1.807, 2.05) is 6.92 Å². The number of rotatable bonds is 6. The molecule has 0 aromatic heterocycles. The van der Waals surface area contributed by atoms with Crippen molar-refractivity contribution in [3.63, 3.8) is 0 Å². The normalized spacial score (nSPS) is 15.3. The molecule has 0 aliphatic carbocycles. The monoisotopic (exact) mass is 271 g/mol. The maximum Gasteiger partial charge on any atom is 0.155 e. The van der Waals surface area contributed by atoms with Crippen LogP contribution in [0.4, 0.5) is 0 Å². The first-order valence-corrected chi connectivity index (χ1v) is 7.80. The van der Waals surface area contributed by atoms with Gasteiger partial charge < -0.3 is 10.8 Å². The van der Waals surface area contributed by atoms with Crippen molar-refractivity contribution in [1.82, 2.24) is 0 Å². The van der Waals surface area contributed by atoms with Crippen LogP contribution >= 0.6 is 0 Å². The first kappa shape index (κ1) is 15.1. The SMILES string of the molecule is CCC(C)S(=O)(=O)CC(O)c1ccc(CN)cc1. The zero-order valence-corrected chi connectivity index (χ0v) is 11.7. The van der Waals surface area contributed by atoms with Crippen molar-refractivity contribution in [3.8, 4) is 0 Å². The molecule has 0 heterocycles. The summed E-state index contributed by atoms with van der Waals surface area (Å²) < 4.78 is 23.8. The molecule has 0 fully saturated rings. The summed E-state index contributed by atoms with van der Waals surface area (Å²) in [5, 5.41) is 9.53. The largest absolute Gasteiger partial charge is 0.387 e. The molecule has 0 radical (unpaired) electrons. The summed E-state index contributed by atoms with van der Waals surface area (Å²) in [6.07, 6.45) is -0.419. The second-order valence-corrected chi connectivity index (χ2v) is 6.97. The molecule has 2 unspecified atom stereocenters. The predicted molar refractivity (Wildman–Crippen MR) is 72.8 cm³/mol. The summed E-state index contributed by atoms with van der Waals surface area (Å²) >= 11 is 0. The van der Waals surface area contributed by atoms with E-state index in [4.69, 9.17) is 5.73 Å². The maximum atomic E-state index is 11.9. The van der Waals surface area contributed by atoms with Gasteiger partial charge in [-0.1, -0.05) is 31.2 Å². The van der Waals surface area contributed by atoms with Gasteiger partial charge in [-0.2, -0.15) is 0 Å². The lowest BCUT2D eigenvalue weighted by molar-refractivity contribution is 0.201. The highest BCUT2D eigenvalue weighted by Crippen LogP contribution is 2.18. The third-order valence-electron chi connectivity index (χ3n) is 3.18. The van der Waals surface area contributed by atoms with E-state index in [-0.39, 0.29) is 5.75 Å². The summed E-state index contributed by atoms with van der Waals surface area (Å²) in [7, 11) is -3.25. The van der Waals surface area contributed by atoms with E-state index < -0.39 is 21.2 Å². The molecule has 0 aliphatic heterocycles. The Kier molecular flexibility index (Phi) is 5.31. The second-order valence-electron chi connectivity index (χ2n) is 4.51. The Bertz CT molecular complexity index is 468. The molecule has 5 heteroatoms. The smallest absolute Gasteiger partial charge is 0.155 e. The van der Waals surface area contributed by atoms with E-state index in [1.165, 1.54) is 0 Å². The molecule has 4 nitrogen and oxygen atoms in total. The molecule has 0 bridgehead atoms. The van der Waals surface area contributed by atoms with Crippen LogP contribution in [0.2, 0.25) is 0 Å². The highest BCUT2D eigenvalue weighted by atomic mass is 32.2. The summed E-state index contributed by atoms with van der Waals surface area (Å²) in [6, 6.07) is 7.04. The predicted octanol–water partition coefficient (Wildman–Crippen LogP) is 1.39. The van der Waals surface area contributed by atoms with Crippen LogP contribution in [0.1, 0.15) is 37.5 Å². The van der Waals surface area contributed by atoms with Gasteiger partial charge in [-0.15, -0.1) is 0 Å². The van der Waals surface area contributed by atoms with Crippen LogP contribution < -0.4 is 5.73 Å². The van der Waals surface area contributed by atoms with Crippen LogP contribution in [0.15, 0.2) is 24.3 Å². The molecule has 18 heavy (non-hydrogen) atoms. The Morgan fingerprint density at radius 3 is 2.28 bits per heavy atom. The fraction of sp³-hybridized carbons (Fsp3) is 0.538. The number of aliphatic hydroxyl groups excluding tert-OH is 1. The van der Waals surface area contributed by atoms with Crippen molar-refractivity contribution in [2.45, 2.75) is 38.2 Å². The molecule has 0 saturated carbocycles. The van der Waals surface area contributed by atoms with Gasteiger partial charge in [-0.25, -0.2) is 8.42 Å². The number of aliphatic hydroxyl groups is 1. The average molecular weight is 271 g/mol. The third-order valence-corrected chi connectivity index (χ3v) is 5.52. The standard InChI is InChI=1S/C13H21NO3S/c1-3-10(2)18(16,17)9-13(15)12-6-4-11(8-14)5-7-12/h4-7,10,13,15H,3,8-9,14H2,1-2H3. The minimum Gasteiger partial charge on any atom is -0.387 e. The van der Waals surface area contributed by atoms with Crippen molar-refractivity contribution < 1.29 is 13.5 Å². The molecular formula is C13H21NO3S. The first-order chi connectivity index (χ1) is 8.40. The quantitative estimate of drug-likeness (QED) is 0.819. The molecule has 102 valence electrons. The molecule has 0 spiro atoms. The summed E-state index contributed by atoms with van der Waals surface area (Å²) in [6.45, 7) is 3.92. The summed E-state index contributed by atoms with van der Waals surface area (Å²) in [5.74, 6) is -0.232. The Morgan fingerprint density at radius 2 is 1.83 bits per heavy atom. The van der Waals surface area contributed by atoms with Crippen LogP contribution in [0.3, 0.4) is 0 Å². The van der Waals surface area contributed by atoms with Gasteiger partial charge >= 0.3 is 0 Å². The van der Waals surface area contributed by atoms with E-state index in [0.29, 0.717) is 18.5 Å². The Hall–Kier alpha value is -0.910. The topological polar surface area (TPSA) is 80.4 Å². The summed E-state index contributed by atoms with van der Waals surface area (Å²) in [4.78, 5) is 0. The van der Waals surface area contributed by atoms with E-state index in [1.54, 1.807) is 31.2 Å². The lowest BCUT2D eigenvalue weighted by Crippen LogP contribution is -2.24. The molecule has 0 amide bonds. The van der Waals surface area contributed by atoms with Crippen molar-refractivity contribution in [2.75, 3.05) is 5.75 Å². The van der Waals surface area contributed by atoms with E-state index in [2.05, 4.69) is 0 Å². The van der Waals surface area contributed by atoms with Gasteiger partial charge in [0.15, 0.2) is 9.84 Å². The maximum absolute atomic E-state index is 11.9. The van der Waals surface area contributed by atoms with Gasteiger partial charge in [0.1, 0.15) is 0 Å². The molecule has 3 N–H and O–H groups in total. The third kappa shape index (κ3) is 3.80. The molecule has 1 rings (SSSR count). The van der Waals surface area contributed by atoms with E-state index in [0.717, 1.165) is 5.56 Å². The highest BCUT2D eigenvalue weighted by molar-refractivity contribution is 7.92. The minimum absolute atomic E-state index is 0.232. The van der Waals surface area contributed by atoms with Gasteiger partial charge in [0.2, 0.25) is 0 Å².